The van der Waals surface area contributed by atoms with Gasteiger partial charge in [-0.3, -0.25) is 4.79 Å². The van der Waals surface area contributed by atoms with Gasteiger partial charge in [0, 0.05) is 17.1 Å². The van der Waals surface area contributed by atoms with Crippen LogP contribution in [0.15, 0.2) is 30.6 Å². The minimum Gasteiger partial charge on any atom is -0.548 e. The standard InChI is InChI=1S/C13H12N4O5/c1-8-2-4-9(5-3-8)11(18)6-10(12(19)20)16-7-14-13(15-16)17(21)22/h2-5,7,10H,6H2,1H3,(H,19,20)/p-1. The van der Waals surface area contributed by atoms with Gasteiger partial charge in [0.05, 0.1) is 5.97 Å². The molecule has 9 heteroatoms. The molecule has 22 heavy (non-hydrogen) atoms. The molecule has 114 valence electrons. The third-order valence-corrected chi connectivity index (χ3v) is 3.00. The highest BCUT2D eigenvalue weighted by Gasteiger charge is 2.24. The van der Waals surface area contributed by atoms with E-state index in [0.717, 1.165) is 16.6 Å². The summed E-state index contributed by atoms with van der Waals surface area (Å²) < 4.78 is 0.750. The van der Waals surface area contributed by atoms with Gasteiger partial charge in [-0.15, -0.1) is 0 Å². The normalized spacial score (nSPS) is 11.9. The lowest BCUT2D eigenvalue weighted by Gasteiger charge is -2.14. The quantitative estimate of drug-likeness (QED) is 0.418. The number of benzene rings is 1. The number of carbonyl (C=O) groups is 2. The fraction of sp³-hybridized carbons (Fsp3) is 0.231. The molecule has 0 radical (unpaired) electrons. The Hall–Kier alpha value is -3.10. The predicted octanol–water partition coefficient (Wildman–Crippen LogP) is 0.0587. The fourth-order valence-electron chi connectivity index (χ4n) is 1.82. The molecule has 0 saturated carbocycles. The van der Waals surface area contributed by atoms with Crippen molar-refractivity contribution in [1.82, 2.24) is 14.8 Å². The van der Waals surface area contributed by atoms with E-state index in [1.807, 2.05) is 6.92 Å². The van der Waals surface area contributed by atoms with Gasteiger partial charge in [0.2, 0.25) is 6.33 Å². The molecule has 0 aliphatic rings. The number of aromatic nitrogens is 3. The van der Waals surface area contributed by atoms with Crippen LogP contribution >= 0.6 is 0 Å². The van der Waals surface area contributed by atoms with Gasteiger partial charge in [-0.25, -0.2) is 0 Å². The van der Waals surface area contributed by atoms with Crippen LogP contribution in [0, 0.1) is 17.0 Å². The maximum atomic E-state index is 12.1. The van der Waals surface area contributed by atoms with Crippen molar-refractivity contribution in [2.75, 3.05) is 0 Å². The lowest BCUT2D eigenvalue weighted by molar-refractivity contribution is -0.394. The van der Waals surface area contributed by atoms with E-state index in [1.165, 1.54) is 0 Å². The summed E-state index contributed by atoms with van der Waals surface area (Å²) in [4.78, 5) is 36.3. The molecule has 2 rings (SSSR count). The predicted molar refractivity (Wildman–Crippen MR) is 70.8 cm³/mol. The van der Waals surface area contributed by atoms with Crippen LogP contribution in [-0.2, 0) is 4.79 Å². The largest absolute Gasteiger partial charge is 0.548 e. The van der Waals surface area contributed by atoms with Crippen LogP contribution in [0.5, 0.6) is 0 Å². The SMILES string of the molecule is Cc1ccc(C(=O)CC(C(=O)[O-])n2cnc([N+](=O)[O-])n2)cc1. The summed E-state index contributed by atoms with van der Waals surface area (Å²) in [6.07, 6.45) is 0.451. The zero-order valence-electron chi connectivity index (χ0n) is 11.5. The van der Waals surface area contributed by atoms with Crippen molar-refractivity contribution < 1.29 is 19.6 Å². The number of ketones is 1. The van der Waals surface area contributed by atoms with Gasteiger partial charge in [0.1, 0.15) is 6.04 Å². The monoisotopic (exact) mass is 303 g/mol. The molecule has 0 bridgehead atoms. The second kappa shape index (κ2) is 6.12. The first kappa shape index (κ1) is 15.3. The molecule has 1 unspecified atom stereocenters. The van der Waals surface area contributed by atoms with E-state index >= 15 is 0 Å². The first-order valence-corrected chi connectivity index (χ1v) is 6.24. The molecule has 0 amide bonds. The molecular weight excluding hydrogens is 292 g/mol. The second-order valence-corrected chi connectivity index (χ2v) is 4.61. The average molecular weight is 303 g/mol. The van der Waals surface area contributed by atoms with Crippen LogP contribution < -0.4 is 5.11 Å². The Morgan fingerprint density at radius 2 is 1.95 bits per heavy atom. The highest BCUT2D eigenvalue weighted by molar-refractivity contribution is 5.98. The second-order valence-electron chi connectivity index (χ2n) is 4.61. The first-order valence-electron chi connectivity index (χ1n) is 6.24. The maximum Gasteiger partial charge on any atom is 0.490 e. The molecule has 0 aliphatic carbocycles. The van der Waals surface area contributed by atoms with Gasteiger partial charge in [0.25, 0.3) is 0 Å². The number of carboxylic acid groups (broad SMARTS) is 1. The van der Waals surface area contributed by atoms with E-state index in [-0.39, 0.29) is 0 Å². The number of nitrogens with zero attached hydrogens (tertiary/aromatic N) is 4. The van der Waals surface area contributed by atoms with E-state index in [2.05, 4.69) is 10.1 Å². The van der Waals surface area contributed by atoms with Gasteiger partial charge < -0.3 is 20.0 Å². The Kier molecular flexibility index (Phi) is 4.25. The van der Waals surface area contributed by atoms with Gasteiger partial charge in [-0.2, -0.15) is 4.68 Å². The molecule has 1 heterocycles. The van der Waals surface area contributed by atoms with Crippen molar-refractivity contribution in [2.45, 2.75) is 19.4 Å². The number of rotatable bonds is 6. The van der Waals surface area contributed by atoms with Crippen LogP contribution in [0.3, 0.4) is 0 Å². The summed E-state index contributed by atoms with van der Waals surface area (Å²) in [5, 5.41) is 25.1. The summed E-state index contributed by atoms with van der Waals surface area (Å²) in [7, 11) is 0. The molecule has 0 N–H and O–H groups in total. The summed E-state index contributed by atoms with van der Waals surface area (Å²) in [6.45, 7) is 1.85. The molecule has 9 nitrogen and oxygen atoms in total. The van der Waals surface area contributed by atoms with E-state index in [1.54, 1.807) is 24.3 Å². The topological polar surface area (TPSA) is 131 Å². The molecule has 0 saturated heterocycles. The Bertz CT molecular complexity index is 722. The molecule has 0 fully saturated rings. The molecule has 0 aliphatic heterocycles. The third kappa shape index (κ3) is 3.32. The lowest BCUT2D eigenvalue weighted by Crippen LogP contribution is -2.35. The number of carboxylic acids is 1. The fourth-order valence-corrected chi connectivity index (χ4v) is 1.82. The van der Waals surface area contributed by atoms with Crippen LogP contribution in [0.1, 0.15) is 28.4 Å². The Morgan fingerprint density at radius 1 is 1.32 bits per heavy atom. The van der Waals surface area contributed by atoms with Gasteiger partial charge in [-0.1, -0.05) is 34.8 Å². The highest BCUT2D eigenvalue weighted by atomic mass is 16.6. The number of hydrogen-bond acceptors (Lipinski definition) is 7. The summed E-state index contributed by atoms with van der Waals surface area (Å²) in [5.41, 5.74) is 1.30. The van der Waals surface area contributed by atoms with Crippen LogP contribution in [0.2, 0.25) is 0 Å². The van der Waals surface area contributed by atoms with Gasteiger partial charge in [-0.05, 0) is 11.8 Å². The number of Topliss-reactive ketones (excluding diaryl/α,β-unsaturated/α-hetero) is 1. The molecular formula is C13H11N4O5-. The third-order valence-electron chi connectivity index (χ3n) is 3.00. The molecule has 1 aromatic carbocycles. The van der Waals surface area contributed by atoms with Crippen LogP contribution in [0.25, 0.3) is 0 Å². The van der Waals surface area contributed by atoms with E-state index in [4.69, 9.17) is 0 Å². The average Bonchev–Trinajstić information content (AvgIpc) is 2.94. The van der Waals surface area contributed by atoms with Crippen molar-refractivity contribution >= 4 is 17.7 Å². The zero-order valence-corrected chi connectivity index (χ0v) is 11.5. The van der Waals surface area contributed by atoms with Crippen molar-refractivity contribution in [3.8, 4) is 0 Å². The summed E-state index contributed by atoms with van der Waals surface area (Å²) in [5.74, 6) is -2.75. The summed E-state index contributed by atoms with van der Waals surface area (Å²) in [6, 6.07) is 5.14. The number of hydrogen-bond donors (Lipinski definition) is 0. The number of nitro groups is 1. The Balaban J connectivity index is 2.21. The molecule has 2 aromatic rings. The first-order chi connectivity index (χ1) is 10.4. The maximum absolute atomic E-state index is 12.1. The molecule has 0 spiro atoms. The Labute approximate surface area is 124 Å². The number of aryl methyl sites for hydroxylation is 1. The van der Waals surface area contributed by atoms with Crippen molar-refractivity contribution in [3.63, 3.8) is 0 Å². The van der Waals surface area contributed by atoms with Crippen LogP contribution in [-0.4, -0.2) is 31.4 Å². The highest BCUT2D eigenvalue weighted by Crippen LogP contribution is 2.16. The minimum atomic E-state index is -1.57. The van der Waals surface area contributed by atoms with E-state index in [0.29, 0.717) is 5.56 Å². The van der Waals surface area contributed by atoms with Gasteiger partial charge in [0.15, 0.2) is 5.78 Å². The van der Waals surface area contributed by atoms with E-state index < -0.39 is 35.1 Å². The van der Waals surface area contributed by atoms with Crippen molar-refractivity contribution in [3.05, 3.63) is 51.8 Å². The van der Waals surface area contributed by atoms with Crippen LogP contribution in [0.4, 0.5) is 5.95 Å². The van der Waals surface area contributed by atoms with Gasteiger partial charge >= 0.3 is 5.95 Å². The minimum absolute atomic E-state index is 0.339. The molecule has 1 aromatic heterocycles. The van der Waals surface area contributed by atoms with Crippen molar-refractivity contribution in [1.29, 1.82) is 0 Å². The zero-order chi connectivity index (χ0) is 16.3. The lowest BCUT2D eigenvalue weighted by atomic mass is 10.0. The van der Waals surface area contributed by atoms with Crippen molar-refractivity contribution in [2.24, 2.45) is 0 Å². The summed E-state index contributed by atoms with van der Waals surface area (Å²) >= 11 is 0. The smallest absolute Gasteiger partial charge is 0.490 e. The Morgan fingerprint density at radius 3 is 2.45 bits per heavy atom. The number of carbonyl (C=O) groups excluding carboxylic acids is 2. The van der Waals surface area contributed by atoms with E-state index in [9.17, 15) is 24.8 Å². The number of aliphatic carboxylic acids is 1. The molecule has 1 atom stereocenters.